The monoisotopic (exact) mass is 264 g/mol. The zero-order valence-electron chi connectivity index (χ0n) is 11.8. The first-order valence-electron chi connectivity index (χ1n) is 7.10. The molecule has 1 atom stereocenters. The molecule has 0 aliphatic carbocycles. The molecular formula is C18H20N2. The lowest BCUT2D eigenvalue weighted by Crippen LogP contribution is -2.08. The van der Waals surface area contributed by atoms with Crippen LogP contribution < -0.4 is 5.73 Å². The van der Waals surface area contributed by atoms with Crippen LogP contribution in [0.25, 0.3) is 10.9 Å². The molecule has 2 aromatic carbocycles. The maximum absolute atomic E-state index is 5.85. The Bertz CT molecular complexity index is 698. The van der Waals surface area contributed by atoms with E-state index in [1.54, 1.807) is 0 Å². The Morgan fingerprint density at radius 2 is 1.70 bits per heavy atom. The summed E-state index contributed by atoms with van der Waals surface area (Å²) in [6, 6.07) is 19.2. The highest BCUT2D eigenvalue weighted by Crippen LogP contribution is 2.33. The van der Waals surface area contributed by atoms with E-state index in [4.69, 9.17) is 5.73 Å². The number of hydrogen-bond acceptors (Lipinski definition) is 1. The third kappa shape index (κ3) is 2.23. The van der Waals surface area contributed by atoms with Gasteiger partial charge in [0.25, 0.3) is 0 Å². The average molecular weight is 264 g/mol. The summed E-state index contributed by atoms with van der Waals surface area (Å²) in [7, 11) is 2.11. The maximum atomic E-state index is 5.85. The first kappa shape index (κ1) is 12.9. The third-order valence-electron chi connectivity index (χ3n) is 3.96. The fourth-order valence-electron chi connectivity index (χ4n) is 3.00. The largest absolute Gasteiger partial charge is 0.350 e. The van der Waals surface area contributed by atoms with Crippen molar-refractivity contribution in [1.82, 2.24) is 4.57 Å². The van der Waals surface area contributed by atoms with E-state index in [0.717, 1.165) is 6.42 Å². The molecule has 0 saturated carbocycles. The van der Waals surface area contributed by atoms with Crippen molar-refractivity contribution in [3.63, 3.8) is 0 Å². The molecule has 0 saturated heterocycles. The summed E-state index contributed by atoms with van der Waals surface area (Å²) < 4.78 is 2.21. The minimum absolute atomic E-state index is 0.368. The second kappa shape index (κ2) is 5.51. The number of nitrogens with two attached hydrogens (primary N) is 1. The van der Waals surface area contributed by atoms with E-state index in [9.17, 15) is 0 Å². The first-order valence-corrected chi connectivity index (χ1v) is 7.10. The lowest BCUT2D eigenvalue weighted by Gasteiger charge is -2.16. The van der Waals surface area contributed by atoms with Crippen LogP contribution in [0.2, 0.25) is 0 Å². The minimum atomic E-state index is 0.368. The number of benzene rings is 2. The van der Waals surface area contributed by atoms with Crippen LogP contribution >= 0.6 is 0 Å². The van der Waals surface area contributed by atoms with E-state index in [1.165, 1.54) is 22.0 Å². The zero-order valence-corrected chi connectivity index (χ0v) is 11.8. The molecule has 2 N–H and O–H groups in total. The normalized spacial score (nSPS) is 12.7. The second-order valence-electron chi connectivity index (χ2n) is 5.25. The van der Waals surface area contributed by atoms with Crippen molar-refractivity contribution < 1.29 is 0 Å². The zero-order chi connectivity index (χ0) is 13.9. The highest BCUT2D eigenvalue weighted by Gasteiger charge is 2.18. The summed E-state index contributed by atoms with van der Waals surface area (Å²) in [6.07, 6.45) is 3.22. The van der Waals surface area contributed by atoms with E-state index < -0.39 is 0 Å². The van der Waals surface area contributed by atoms with Crippen molar-refractivity contribution in [2.24, 2.45) is 12.8 Å². The number of nitrogens with zero attached hydrogens (tertiary/aromatic N) is 1. The van der Waals surface area contributed by atoms with Gasteiger partial charge in [-0.25, -0.2) is 0 Å². The molecule has 0 bridgehead atoms. The molecule has 2 nitrogen and oxygen atoms in total. The molecule has 3 aromatic rings. The Kier molecular flexibility index (Phi) is 3.57. The van der Waals surface area contributed by atoms with Crippen LogP contribution in [-0.4, -0.2) is 11.1 Å². The van der Waals surface area contributed by atoms with Gasteiger partial charge in [0, 0.05) is 30.1 Å². The van der Waals surface area contributed by atoms with Crippen molar-refractivity contribution >= 4 is 10.9 Å². The van der Waals surface area contributed by atoms with Crippen molar-refractivity contribution in [2.45, 2.75) is 12.3 Å². The summed E-state index contributed by atoms with van der Waals surface area (Å²) in [5.41, 5.74) is 9.84. The molecule has 0 spiro atoms. The Hall–Kier alpha value is -2.06. The predicted molar refractivity (Wildman–Crippen MR) is 84.9 cm³/mol. The molecule has 1 heterocycles. The van der Waals surface area contributed by atoms with Gasteiger partial charge in [-0.05, 0) is 30.2 Å². The number of aromatic nitrogens is 1. The van der Waals surface area contributed by atoms with E-state index in [2.05, 4.69) is 72.4 Å². The quantitative estimate of drug-likeness (QED) is 0.766. The van der Waals surface area contributed by atoms with Gasteiger partial charge in [-0.2, -0.15) is 0 Å². The Morgan fingerprint density at radius 1 is 1.00 bits per heavy atom. The number of para-hydroxylation sites is 1. The van der Waals surface area contributed by atoms with Crippen molar-refractivity contribution in [1.29, 1.82) is 0 Å². The van der Waals surface area contributed by atoms with Crippen LogP contribution in [0.5, 0.6) is 0 Å². The molecule has 0 amide bonds. The number of aryl methyl sites for hydroxylation is 1. The van der Waals surface area contributed by atoms with Crippen molar-refractivity contribution in [2.75, 3.05) is 6.54 Å². The lowest BCUT2D eigenvalue weighted by molar-refractivity contribution is 0.727. The molecule has 102 valence electrons. The molecule has 0 unspecified atom stereocenters. The summed E-state index contributed by atoms with van der Waals surface area (Å²) in [5.74, 6) is 0.368. The highest BCUT2D eigenvalue weighted by atomic mass is 14.9. The van der Waals surface area contributed by atoms with E-state index in [-0.39, 0.29) is 0 Å². The van der Waals surface area contributed by atoms with Gasteiger partial charge in [-0.3, -0.25) is 0 Å². The fraction of sp³-hybridized carbons (Fsp3) is 0.222. The van der Waals surface area contributed by atoms with Gasteiger partial charge < -0.3 is 10.3 Å². The maximum Gasteiger partial charge on any atom is 0.0480 e. The van der Waals surface area contributed by atoms with Gasteiger partial charge in [0.15, 0.2) is 0 Å². The average Bonchev–Trinajstić information content (AvgIpc) is 2.83. The molecule has 1 aromatic heterocycles. The smallest absolute Gasteiger partial charge is 0.0480 e. The fourth-order valence-corrected chi connectivity index (χ4v) is 3.00. The number of hydrogen-bond donors (Lipinski definition) is 1. The number of fused-ring (bicyclic) bond motifs is 1. The van der Waals surface area contributed by atoms with E-state index >= 15 is 0 Å². The van der Waals surface area contributed by atoms with E-state index in [1.807, 2.05) is 0 Å². The molecule has 2 heteroatoms. The molecule has 0 aliphatic rings. The van der Waals surface area contributed by atoms with Gasteiger partial charge in [0.2, 0.25) is 0 Å². The van der Waals surface area contributed by atoms with Crippen molar-refractivity contribution in [3.8, 4) is 0 Å². The highest BCUT2D eigenvalue weighted by molar-refractivity contribution is 5.84. The van der Waals surface area contributed by atoms with Gasteiger partial charge in [0.05, 0.1) is 0 Å². The standard InChI is InChI=1S/C18H20N2/c1-20-13-17(16-9-5-6-10-18(16)20)15(11-12-19)14-7-3-2-4-8-14/h2-10,13,15H,11-12,19H2,1H3/t15-/m0/s1. The Morgan fingerprint density at radius 3 is 2.45 bits per heavy atom. The molecule has 3 rings (SSSR count). The molecule has 20 heavy (non-hydrogen) atoms. The molecule has 0 radical (unpaired) electrons. The summed E-state index contributed by atoms with van der Waals surface area (Å²) >= 11 is 0. The van der Waals surface area contributed by atoms with Gasteiger partial charge in [-0.1, -0.05) is 48.5 Å². The molecular weight excluding hydrogens is 244 g/mol. The van der Waals surface area contributed by atoms with Crippen LogP contribution in [0.3, 0.4) is 0 Å². The minimum Gasteiger partial charge on any atom is -0.350 e. The first-order chi connectivity index (χ1) is 9.81. The summed E-state index contributed by atoms with van der Waals surface area (Å²) in [6.45, 7) is 0.697. The third-order valence-corrected chi connectivity index (χ3v) is 3.96. The van der Waals surface area contributed by atoms with Gasteiger partial charge in [-0.15, -0.1) is 0 Å². The lowest BCUT2D eigenvalue weighted by atomic mass is 9.88. The van der Waals surface area contributed by atoms with E-state index in [0.29, 0.717) is 12.5 Å². The van der Waals surface area contributed by atoms with Crippen LogP contribution in [0, 0.1) is 0 Å². The van der Waals surface area contributed by atoms with Crippen LogP contribution in [-0.2, 0) is 7.05 Å². The van der Waals surface area contributed by atoms with Crippen LogP contribution in [0.4, 0.5) is 0 Å². The van der Waals surface area contributed by atoms with Crippen molar-refractivity contribution in [3.05, 3.63) is 71.9 Å². The predicted octanol–water partition coefficient (Wildman–Crippen LogP) is 3.66. The molecule has 0 aliphatic heterocycles. The topological polar surface area (TPSA) is 30.9 Å². The Balaban J connectivity index is 2.15. The SMILES string of the molecule is Cn1cc([C@@H](CCN)c2ccccc2)c2ccccc21. The summed E-state index contributed by atoms with van der Waals surface area (Å²) in [4.78, 5) is 0. The summed E-state index contributed by atoms with van der Waals surface area (Å²) in [5, 5.41) is 1.33. The second-order valence-corrected chi connectivity index (χ2v) is 5.25. The van der Waals surface area contributed by atoms with Crippen LogP contribution in [0.1, 0.15) is 23.5 Å². The van der Waals surface area contributed by atoms with Gasteiger partial charge in [0.1, 0.15) is 0 Å². The van der Waals surface area contributed by atoms with Crippen LogP contribution in [0.15, 0.2) is 60.8 Å². The number of rotatable bonds is 4. The molecule has 0 fully saturated rings. The van der Waals surface area contributed by atoms with Gasteiger partial charge >= 0.3 is 0 Å². The Labute approximate surface area is 119 Å².